The van der Waals surface area contributed by atoms with Crippen LogP contribution in [0.1, 0.15) is 10.4 Å². The third-order valence-corrected chi connectivity index (χ3v) is 2.97. The third-order valence-electron chi connectivity index (χ3n) is 2.04. The maximum absolute atomic E-state index is 11.7. The second-order valence-corrected chi connectivity index (χ2v) is 4.81. The smallest absolute Gasteiger partial charge is 0.269 e. The predicted molar refractivity (Wildman–Crippen MR) is 58.8 cm³/mol. The first-order valence-electron chi connectivity index (χ1n) is 3.96. The van der Waals surface area contributed by atoms with Crippen LogP contribution in [0.5, 0.6) is 0 Å². The van der Waals surface area contributed by atoms with Gasteiger partial charge in [0.15, 0.2) is 0 Å². The van der Waals surface area contributed by atoms with Gasteiger partial charge in [-0.3, -0.25) is 9.59 Å². The molecule has 15 heavy (non-hydrogen) atoms. The number of hydrogen-bond donors (Lipinski definition) is 1. The molecule has 0 saturated heterocycles. The average Bonchev–Trinajstić information content (AvgIpc) is 2.15. The summed E-state index contributed by atoms with van der Waals surface area (Å²) in [6.07, 6.45) is 0. The van der Waals surface area contributed by atoms with E-state index in [0.717, 1.165) is 0 Å². The number of Topliss-reactive ketones (excluding diaryl/α,β-unsaturated/α-hetero) is 1. The molecule has 0 aromatic heterocycles. The fourth-order valence-corrected chi connectivity index (χ4v) is 1.76. The zero-order valence-electron chi connectivity index (χ0n) is 7.18. The Labute approximate surface area is 100 Å². The van der Waals surface area contributed by atoms with Gasteiger partial charge < -0.3 is 5.32 Å². The summed E-state index contributed by atoms with van der Waals surface area (Å²) in [7, 11) is 0. The van der Waals surface area contributed by atoms with Crippen LogP contribution in [0.2, 0.25) is 5.02 Å². The Bertz CT molecular complexity index is 470. The standard InChI is InChI=1S/C9H4Cl3NO2/c10-4-1-2-5-6(3-4)13-8(15)9(11,12)7(5)14/h1-3H,(H,13,15). The molecule has 1 aromatic rings. The molecule has 0 unspecified atom stereocenters. The lowest BCUT2D eigenvalue weighted by molar-refractivity contribution is -0.116. The number of anilines is 1. The highest BCUT2D eigenvalue weighted by molar-refractivity contribution is 6.71. The summed E-state index contributed by atoms with van der Waals surface area (Å²) in [6, 6.07) is 4.47. The molecule has 1 heterocycles. The van der Waals surface area contributed by atoms with Crippen LogP contribution in [0.15, 0.2) is 18.2 Å². The van der Waals surface area contributed by atoms with Crippen LogP contribution in [0.3, 0.4) is 0 Å². The molecule has 0 fully saturated rings. The molecule has 0 aliphatic carbocycles. The molecule has 0 spiro atoms. The van der Waals surface area contributed by atoms with Crippen molar-refractivity contribution < 1.29 is 9.59 Å². The quantitative estimate of drug-likeness (QED) is 0.578. The highest BCUT2D eigenvalue weighted by Crippen LogP contribution is 2.36. The second-order valence-electron chi connectivity index (χ2n) is 3.05. The minimum absolute atomic E-state index is 0.254. The maximum atomic E-state index is 11.7. The Morgan fingerprint density at radius 1 is 1.20 bits per heavy atom. The average molecular weight is 264 g/mol. The highest BCUT2D eigenvalue weighted by atomic mass is 35.5. The molecular formula is C9H4Cl3NO2. The lowest BCUT2D eigenvalue weighted by atomic mass is 10.0. The first kappa shape index (κ1) is 10.7. The molecule has 0 atom stereocenters. The zero-order chi connectivity index (χ0) is 11.2. The number of rotatable bonds is 0. The Kier molecular flexibility index (Phi) is 2.41. The molecule has 0 saturated carbocycles. The second kappa shape index (κ2) is 3.37. The number of halogens is 3. The van der Waals surface area contributed by atoms with Crippen molar-refractivity contribution in [1.82, 2.24) is 0 Å². The van der Waals surface area contributed by atoms with E-state index in [1.165, 1.54) is 18.2 Å². The lowest BCUT2D eigenvalue weighted by Gasteiger charge is -2.25. The number of ketones is 1. The summed E-state index contributed by atoms with van der Waals surface area (Å²) in [5.74, 6) is -1.40. The van der Waals surface area contributed by atoms with Crippen molar-refractivity contribution in [1.29, 1.82) is 0 Å². The number of nitrogens with one attached hydrogen (secondary N) is 1. The van der Waals surface area contributed by atoms with E-state index in [0.29, 0.717) is 10.7 Å². The topological polar surface area (TPSA) is 46.2 Å². The van der Waals surface area contributed by atoms with Gasteiger partial charge >= 0.3 is 0 Å². The van der Waals surface area contributed by atoms with E-state index in [-0.39, 0.29) is 5.56 Å². The van der Waals surface area contributed by atoms with Crippen molar-refractivity contribution in [2.24, 2.45) is 0 Å². The summed E-state index contributed by atoms with van der Waals surface area (Å²) < 4.78 is -2.05. The van der Waals surface area contributed by atoms with Gasteiger partial charge in [0.2, 0.25) is 5.78 Å². The number of carbonyl (C=O) groups is 2. The maximum Gasteiger partial charge on any atom is 0.269 e. The number of hydrogen-bond acceptors (Lipinski definition) is 2. The summed E-state index contributed by atoms with van der Waals surface area (Å²) >= 11 is 16.9. The van der Waals surface area contributed by atoms with Gasteiger partial charge in [0.05, 0.1) is 5.69 Å². The summed E-state index contributed by atoms with van der Waals surface area (Å²) in [6.45, 7) is 0. The lowest BCUT2D eigenvalue weighted by Crippen LogP contribution is -2.44. The summed E-state index contributed by atoms with van der Waals surface area (Å²) in [5.41, 5.74) is 0.582. The van der Waals surface area contributed by atoms with Gasteiger partial charge in [-0.1, -0.05) is 34.8 Å². The Morgan fingerprint density at radius 3 is 2.53 bits per heavy atom. The Morgan fingerprint density at radius 2 is 1.87 bits per heavy atom. The summed E-state index contributed by atoms with van der Waals surface area (Å²) in [4.78, 5) is 23.1. The molecule has 1 N–H and O–H groups in total. The monoisotopic (exact) mass is 263 g/mol. The van der Waals surface area contributed by atoms with Crippen LogP contribution in [0.25, 0.3) is 0 Å². The molecule has 78 valence electrons. The molecule has 1 aliphatic heterocycles. The minimum atomic E-state index is -2.05. The first-order valence-corrected chi connectivity index (χ1v) is 5.10. The molecule has 0 radical (unpaired) electrons. The van der Waals surface area contributed by atoms with Gasteiger partial charge in [-0.15, -0.1) is 0 Å². The fourth-order valence-electron chi connectivity index (χ4n) is 1.29. The van der Waals surface area contributed by atoms with E-state index in [1.54, 1.807) is 0 Å². The van der Waals surface area contributed by atoms with Crippen LogP contribution in [-0.2, 0) is 4.79 Å². The Hall–Kier alpha value is -0.770. The Balaban J connectivity index is 2.61. The van der Waals surface area contributed by atoms with E-state index < -0.39 is 16.0 Å². The van der Waals surface area contributed by atoms with Crippen LogP contribution >= 0.6 is 34.8 Å². The van der Waals surface area contributed by atoms with Crippen molar-refractivity contribution in [3.8, 4) is 0 Å². The number of benzene rings is 1. The SMILES string of the molecule is O=C1Nc2cc(Cl)ccc2C(=O)C1(Cl)Cl. The van der Waals surface area contributed by atoms with Gasteiger partial charge in [0.1, 0.15) is 0 Å². The van der Waals surface area contributed by atoms with E-state index in [9.17, 15) is 9.59 Å². The van der Waals surface area contributed by atoms with Crippen molar-refractivity contribution in [3.63, 3.8) is 0 Å². The van der Waals surface area contributed by atoms with Crippen LogP contribution in [-0.4, -0.2) is 16.0 Å². The predicted octanol–water partition coefficient (Wildman–Crippen LogP) is 2.65. The van der Waals surface area contributed by atoms with Crippen molar-refractivity contribution >= 4 is 52.2 Å². The minimum Gasteiger partial charge on any atom is -0.322 e. The van der Waals surface area contributed by atoms with Gasteiger partial charge in [-0.25, -0.2) is 0 Å². The summed E-state index contributed by atoms with van der Waals surface area (Å²) in [5, 5.41) is 2.83. The molecule has 6 heteroatoms. The number of fused-ring (bicyclic) bond motifs is 1. The van der Waals surface area contributed by atoms with E-state index in [1.807, 2.05) is 0 Å². The normalized spacial score (nSPS) is 18.3. The zero-order valence-corrected chi connectivity index (χ0v) is 9.45. The first-order chi connectivity index (χ1) is 6.93. The largest absolute Gasteiger partial charge is 0.322 e. The van der Waals surface area contributed by atoms with E-state index in [4.69, 9.17) is 34.8 Å². The van der Waals surface area contributed by atoms with Gasteiger partial charge in [0, 0.05) is 10.6 Å². The molecule has 2 rings (SSSR count). The molecule has 0 bridgehead atoms. The van der Waals surface area contributed by atoms with Gasteiger partial charge in [-0.05, 0) is 18.2 Å². The van der Waals surface area contributed by atoms with Crippen LogP contribution < -0.4 is 5.32 Å². The van der Waals surface area contributed by atoms with Crippen LogP contribution in [0, 0.1) is 0 Å². The van der Waals surface area contributed by atoms with E-state index in [2.05, 4.69) is 5.32 Å². The van der Waals surface area contributed by atoms with Gasteiger partial charge in [0.25, 0.3) is 10.2 Å². The molecule has 3 nitrogen and oxygen atoms in total. The number of alkyl halides is 2. The van der Waals surface area contributed by atoms with Gasteiger partial charge in [-0.2, -0.15) is 0 Å². The molecule has 1 aliphatic rings. The fraction of sp³-hybridized carbons (Fsp3) is 0.111. The molecule has 1 aromatic carbocycles. The third kappa shape index (κ3) is 1.61. The highest BCUT2D eigenvalue weighted by Gasteiger charge is 2.47. The number of amides is 1. The van der Waals surface area contributed by atoms with Crippen molar-refractivity contribution in [3.05, 3.63) is 28.8 Å². The molecular weight excluding hydrogens is 260 g/mol. The number of carbonyl (C=O) groups excluding carboxylic acids is 2. The molecule has 1 amide bonds. The van der Waals surface area contributed by atoms with Crippen molar-refractivity contribution in [2.75, 3.05) is 5.32 Å². The van der Waals surface area contributed by atoms with E-state index >= 15 is 0 Å². The van der Waals surface area contributed by atoms with Crippen LogP contribution in [0.4, 0.5) is 5.69 Å². The van der Waals surface area contributed by atoms with Crippen molar-refractivity contribution in [2.45, 2.75) is 4.33 Å².